The van der Waals surface area contributed by atoms with Crippen LogP contribution < -0.4 is 9.47 Å². The van der Waals surface area contributed by atoms with Crippen molar-refractivity contribution in [1.29, 1.82) is 0 Å². The molecule has 0 radical (unpaired) electrons. The first-order valence-corrected chi connectivity index (χ1v) is 17.3. The smallest absolute Gasteiger partial charge is 0.343 e. The van der Waals surface area contributed by atoms with Crippen molar-refractivity contribution < 1.29 is 19.1 Å². The lowest BCUT2D eigenvalue weighted by molar-refractivity contribution is 0.0714. The molecule has 6 aromatic carbocycles. The summed E-state index contributed by atoms with van der Waals surface area (Å²) in [6.07, 6.45) is 0.605. The fourth-order valence-corrected chi connectivity index (χ4v) is 7.96. The van der Waals surface area contributed by atoms with Gasteiger partial charge in [0.1, 0.15) is 11.5 Å². The Bertz CT molecular complexity index is 2170. The third-order valence-electron chi connectivity index (χ3n) is 9.50. The molecule has 234 valence electrons. The maximum absolute atomic E-state index is 13.8. The Morgan fingerprint density at radius 3 is 1.62 bits per heavy atom. The lowest BCUT2D eigenvalue weighted by Crippen LogP contribution is -2.44. The summed E-state index contributed by atoms with van der Waals surface area (Å²) in [7, 11) is 0. The molecule has 48 heavy (non-hydrogen) atoms. The second-order valence-corrected chi connectivity index (χ2v) is 14.1. The maximum atomic E-state index is 13.8. The number of carbonyl (C=O) groups is 2. The van der Waals surface area contributed by atoms with Gasteiger partial charge in [-0.15, -0.1) is 0 Å². The van der Waals surface area contributed by atoms with E-state index in [0.717, 1.165) is 47.9 Å². The van der Waals surface area contributed by atoms with Crippen molar-refractivity contribution in [3.63, 3.8) is 0 Å². The van der Waals surface area contributed by atoms with Crippen LogP contribution in [0.15, 0.2) is 142 Å². The van der Waals surface area contributed by atoms with Gasteiger partial charge in [0.05, 0.1) is 16.5 Å². The highest BCUT2D eigenvalue weighted by Gasteiger charge is 2.54. The number of benzene rings is 6. The zero-order chi connectivity index (χ0) is 33.0. The highest BCUT2D eigenvalue weighted by molar-refractivity contribution is 9.10. The van der Waals surface area contributed by atoms with E-state index in [-0.39, 0.29) is 5.92 Å². The summed E-state index contributed by atoms with van der Waals surface area (Å²) in [5.74, 6) is -0.268. The SMILES string of the molecule is Cc1ccc(CC23c4ccccc4C(c4ccccc42)c2c(OC(=O)c4ccc(Br)cc4)ccc(OC(=O)c4ccc(Br)cc4)c23)cc1. The molecule has 2 bridgehead atoms. The van der Waals surface area contributed by atoms with Crippen LogP contribution in [-0.4, -0.2) is 11.9 Å². The van der Waals surface area contributed by atoms with Crippen molar-refractivity contribution in [1.82, 2.24) is 0 Å². The van der Waals surface area contributed by atoms with Gasteiger partial charge in [-0.2, -0.15) is 0 Å². The van der Waals surface area contributed by atoms with Gasteiger partial charge in [-0.25, -0.2) is 9.59 Å². The minimum absolute atomic E-state index is 0.244. The van der Waals surface area contributed by atoms with E-state index in [0.29, 0.717) is 29.0 Å². The summed E-state index contributed by atoms with van der Waals surface area (Å²) in [5, 5.41) is 0. The molecule has 0 amide bonds. The van der Waals surface area contributed by atoms with Gasteiger partial charge in [-0.1, -0.05) is 110 Å². The normalized spacial score (nSPS) is 16.8. The molecule has 4 nitrogen and oxygen atoms in total. The van der Waals surface area contributed by atoms with Crippen molar-refractivity contribution in [2.75, 3.05) is 0 Å². The van der Waals surface area contributed by atoms with E-state index in [4.69, 9.17) is 9.47 Å². The molecule has 9 rings (SSSR count). The van der Waals surface area contributed by atoms with E-state index in [9.17, 15) is 9.59 Å². The maximum Gasteiger partial charge on any atom is 0.343 e. The lowest BCUT2D eigenvalue weighted by Gasteiger charge is -2.51. The Hall–Kier alpha value is -4.78. The van der Waals surface area contributed by atoms with Crippen LogP contribution in [0, 0.1) is 6.92 Å². The molecule has 0 spiro atoms. The molecule has 0 saturated heterocycles. The zero-order valence-electron chi connectivity index (χ0n) is 25.9. The molecule has 0 aromatic heterocycles. The molecule has 0 aliphatic heterocycles. The number of ether oxygens (including phenoxy) is 2. The topological polar surface area (TPSA) is 52.6 Å². The summed E-state index contributed by atoms with van der Waals surface area (Å²) in [6, 6.07) is 43.4. The second kappa shape index (κ2) is 12.0. The first-order chi connectivity index (χ1) is 23.3. The largest absolute Gasteiger partial charge is 0.423 e. The summed E-state index contributed by atoms with van der Waals surface area (Å²) < 4.78 is 14.4. The van der Waals surface area contributed by atoms with Crippen LogP contribution in [0.4, 0.5) is 0 Å². The van der Waals surface area contributed by atoms with Crippen LogP contribution in [0.2, 0.25) is 0 Å². The van der Waals surface area contributed by atoms with E-state index < -0.39 is 17.4 Å². The van der Waals surface area contributed by atoms with Gasteiger partial charge in [0.25, 0.3) is 0 Å². The quantitative estimate of drug-likeness (QED) is 0.125. The number of hydrogen-bond donors (Lipinski definition) is 0. The van der Waals surface area contributed by atoms with Crippen molar-refractivity contribution >= 4 is 43.8 Å². The monoisotopic (exact) mass is 754 g/mol. The fourth-order valence-electron chi connectivity index (χ4n) is 7.43. The van der Waals surface area contributed by atoms with E-state index >= 15 is 0 Å². The van der Waals surface area contributed by atoms with Crippen molar-refractivity contribution in [3.05, 3.63) is 198 Å². The van der Waals surface area contributed by atoms with Crippen LogP contribution >= 0.6 is 31.9 Å². The molecule has 0 fully saturated rings. The Labute approximate surface area is 295 Å². The Balaban J connectivity index is 1.39. The van der Waals surface area contributed by atoms with E-state index in [1.807, 2.05) is 24.3 Å². The minimum Gasteiger partial charge on any atom is -0.423 e. The molecule has 0 atom stereocenters. The first kappa shape index (κ1) is 30.5. The van der Waals surface area contributed by atoms with Gasteiger partial charge < -0.3 is 9.47 Å². The number of esters is 2. The lowest BCUT2D eigenvalue weighted by atomic mass is 9.51. The predicted octanol–water partition coefficient (Wildman–Crippen LogP) is 10.3. The predicted molar refractivity (Wildman–Crippen MR) is 193 cm³/mol. The number of halogens is 2. The van der Waals surface area contributed by atoms with E-state index in [1.165, 1.54) is 5.56 Å². The third-order valence-corrected chi connectivity index (χ3v) is 10.6. The van der Waals surface area contributed by atoms with Gasteiger partial charge in [-0.05, 0) is 102 Å². The van der Waals surface area contributed by atoms with Gasteiger partial charge in [0, 0.05) is 26.0 Å². The van der Waals surface area contributed by atoms with Gasteiger partial charge in [0.15, 0.2) is 0 Å². The summed E-state index contributed by atoms with van der Waals surface area (Å²) >= 11 is 6.91. The Morgan fingerprint density at radius 1 is 0.604 bits per heavy atom. The molecule has 6 heteroatoms. The average molecular weight is 756 g/mol. The molecule has 0 heterocycles. The molecule has 0 N–H and O–H groups in total. The fraction of sp³-hybridized carbons (Fsp3) is 0.0952. The van der Waals surface area contributed by atoms with Gasteiger partial charge >= 0.3 is 11.9 Å². The number of rotatable bonds is 6. The first-order valence-electron chi connectivity index (χ1n) is 15.7. The van der Waals surface area contributed by atoms with Gasteiger partial charge in [0.2, 0.25) is 0 Å². The average Bonchev–Trinajstić information content (AvgIpc) is 3.11. The molecule has 6 aromatic rings. The Kier molecular flexibility index (Phi) is 7.66. The van der Waals surface area contributed by atoms with E-state index in [1.54, 1.807) is 36.4 Å². The molecule has 0 unspecified atom stereocenters. The van der Waals surface area contributed by atoms with Crippen LogP contribution in [-0.2, 0) is 11.8 Å². The van der Waals surface area contributed by atoms with Crippen LogP contribution in [0.25, 0.3) is 0 Å². The molecule has 3 aliphatic carbocycles. The second-order valence-electron chi connectivity index (χ2n) is 12.3. The number of aryl methyl sites for hydroxylation is 1. The minimum atomic E-state index is -0.748. The van der Waals surface area contributed by atoms with Crippen molar-refractivity contribution in [3.8, 4) is 11.5 Å². The summed E-state index contributed by atoms with van der Waals surface area (Å²) in [6.45, 7) is 2.08. The highest BCUT2D eigenvalue weighted by atomic mass is 79.9. The van der Waals surface area contributed by atoms with Crippen LogP contribution in [0.1, 0.15) is 71.1 Å². The standard InChI is InChI=1S/C42H28Br2O4/c1-25-10-12-26(13-11-25)24-42-33-8-4-2-6-31(33)37(32-7-3-5-9-34(32)42)38-35(47-40(45)27-14-18-29(43)19-15-27)22-23-36(39(38)42)48-41(46)28-16-20-30(44)21-17-28/h2-23,37H,24H2,1H3. The zero-order valence-corrected chi connectivity index (χ0v) is 29.0. The Morgan fingerprint density at radius 2 is 1.08 bits per heavy atom. The highest BCUT2D eigenvalue weighted by Crippen LogP contribution is 2.64. The molecular weight excluding hydrogens is 728 g/mol. The molecule has 3 aliphatic rings. The van der Waals surface area contributed by atoms with Gasteiger partial charge in [-0.3, -0.25) is 0 Å². The van der Waals surface area contributed by atoms with E-state index in [2.05, 4.69) is 112 Å². The third kappa shape index (κ3) is 5.02. The molecule has 0 saturated carbocycles. The van der Waals surface area contributed by atoms with Crippen molar-refractivity contribution in [2.45, 2.75) is 24.7 Å². The number of carbonyl (C=O) groups excluding carboxylic acids is 2. The van der Waals surface area contributed by atoms with Crippen LogP contribution in [0.5, 0.6) is 11.5 Å². The summed E-state index contributed by atoms with van der Waals surface area (Å²) in [5.41, 5.74) is 8.72. The van der Waals surface area contributed by atoms with Crippen LogP contribution in [0.3, 0.4) is 0 Å². The summed E-state index contributed by atoms with van der Waals surface area (Å²) in [4.78, 5) is 27.4. The number of hydrogen-bond acceptors (Lipinski definition) is 4. The van der Waals surface area contributed by atoms with Crippen molar-refractivity contribution in [2.24, 2.45) is 0 Å². The molecular formula is C42H28Br2O4.